The van der Waals surface area contributed by atoms with Gasteiger partial charge in [-0.2, -0.15) is 0 Å². The summed E-state index contributed by atoms with van der Waals surface area (Å²) in [5.41, 5.74) is 1.31. The van der Waals surface area contributed by atoms with Crippen LogP contribution in [-0.2, 0) is 6.54 Å². The Balaban J connectivity index is 2.30. The van der Waals surface area contributed by atoms with Crippen LogP contribution in [0, 0.1) is 5.82 Å². The number of nitrogens with zero attached hydrogens (tertiary/aromatic N) is 1. The molecule has 0 aromatic heterocycles. The number of hydrogen-bond acceptors (Lipinski definition) is 2. The smallest absolute Gasteiger partial charge is 0.146 e. The van der Waals surface area contributed by atoms with E-state index in [2.05, 4.69) is 15.9 Å². The van der Waals surface area contributed by atoms with Gasteiger partial charge in [0, 0.05) is 18.7 Å². The van der Waals surface area contributed by atoms with E-state index in [9.17, 15) is 9.50 Å². The Hall–Kier alpha value is -1.55. The molecule has 2 rings (SSSR count). The molecule has 0 aliphatic rings. The zero-order valence-corrected chi connectivity index (χ0v) is 12.2. The molecule has 0 fully saturated rings. The van der Waals surface area contributed by atoms with Crippen LogP contribution in [0.3, 0.4) is 0 Å². The summed E-state index contributed by atoms with van der Waals surface area (Å²) < 4.78 is 14.4. The number of aromatic hydroxyl groups is 1. The van der Waals surface area contributed by atoms with Gasteiger partial charge in [0.05, 0.1) is 10.2 Å². The predicted molar refractivity (Wildman–Crippen MR) is 78.9 cm³/mol. The molecule has 0 heterocycles. The third kappa shape index (κ3) is 3.07. The van der Waals surface area contributed by atoms with E-state index >= 15 is 0 Å². The van der Waals surface area contributed by atoms with Gasteiger partial charge in [-0.25, -0.2) is 4.39 Å². The van der Waals surface area contributed by atoms with Crippen LogP contribution >= 0.6 is 15.9 Å². The Morgan fingerprint density at radius 2 is 1.89 bits per heavy atom. The molecule has 0 saturated heterocycles. The first-order valence-electron chi connectivity index (χ1n) is 6.09. The molecule has 0 amide bonds. The zero-order chi connectivity index (χ0) is 13.8. The topological polar surface area (TPSA) is 23.5 Å². The van der Waals surface area contributed by atoms with Crippen molar-refractivity contribution < 1.29 is 9.50 Å². The van der Waals surface area contributed by atoms with Crippen molar-refractivity contribution in [3.05, 3.63) is 58.3 Å². The van der Waals surface area contributed by atoms with Crippen molar-refractivity contribution in [2.75, 3.05) is 11.4 Å². The molecule has 0 radical (unpaired) electrons. The monoisotopic (exact) mass is 323 g/mol. The largest absolute Gasteiger partial charge is 0.506 e. The lowest BCUT2D eigenvalue weighted by molar-refractivity contribution is 0.463. The fraction of sp³-hybridized carbons (Fsp3) is 0.200. The normalized spacial score (nSPS) is 10.5. The van der Waals surface area contributed by atoms with E-state index in [1.165, 1.54) is 6.07 Å². The van der Waals surface area contributed by atoms with Crippen LogP contribution in [0.1, 0.15) is 12.5 Å². The first-order chi connectivity index (χ1) is 9.13. The zero-order valence-electron chi connectivity index (χ0n) is 10.6. The molecule has 2 aromatic carbocycles. The predicted octanol–water partition coefficient (Wildman–Crippen LogP) is 4.32. The molecule has 0 unspecified atom stereocenters. The van der Waals surface area contributed by atoms with E-state index in [-0.39, 0.29) is 11.6 Å². The van der Waals surface area contributed by atoms with Crippen LogP contribution in [0.2, 0.25) is 0 Å². The molecule has 2 nitrogen and oxygen atoms in total. The van der Waals surface area contributed by atoms with E-state index < -0.39 is 0 Å². The molecule has 4 heteroatoms. The summed E-state index contributed by atoms with van der Waals surface area (Å²) in [7, 11) is 0. The van der Waals surface area contributed by atoms with E-state index in [0.717, 1.165) is 5.56 Å². The van der Waals surface area contributed by atoms with Crippen LogP contribution in [0.5, 0.6) is 5.75 Å². The molecule has 0 aliphatic heterocycles. The maximum absolute atomic E-state index is 13.8. The van der Waals surface area contributed by atoms with E-state index in [1.54, 1.807) is 18.2 Å². The van der Waals surface area contributed by atoms with Crippen molar-refractivity contribution in [2.45, 2.75) is 13.5 Å². The first-order valence-corrected chi connectivity index (χ1v) is 6.88. The lowest BCUT2D eigenvalue weighted by atomic mass is 10.1. The van der Waals surface area contributed by atoms with Crippen molar-refractivity contribution >= 4 is 21.6 Å². The molecular formula is C15H15BrFNO. The van der Waals surface area contributed by atoms with Crippen molar-refractivity contribution in [3.8, 4) is 5.75 Å². The number of halogens is 2. The lowest BCUT2D eigenvalue weighted by Gasteiger charge is -2.24. The maximum atomic E-state index is 13.8. The molecule has 2 aromatic rings. The van der Waals surface area contributed by atoms with E-state index in [0.29, 0.717) is 23.2 Å². The number of benzene rings is 2. The number of phenols is 1. The third-order valence-corrected chi connectivity index (χ3v) is 3.65. The van der Waals surface area contributed by atoms with Crippen molar-refractivity contribution in [1.82, 2.24) is 0 Å². The van der Waals surface area contributed by atoms with Crippen LogP contribution in [-0.4, -0.2) is 11.7 Å². The summed E-state index contributed by atoms with van der Waals surface area (Å²) in [6.45, 7) is 3.08. The SMILES string of the molecule is CCN(Cc1cccc(Br)c1O)c1ccccc1F. The van der Waals surface area contributed by atoms with E-state index in [4.69, 9.17) is 0 Å². The standard InChI is InChI=1S/C15H15BrFNO/c1-2-18(14-9-4-3-8-13(14)17)10-11-6-5-7-12(16)15(11)19/h3-9,19H,2,10H2,1H3. The molecule has 0 aliphatic carbocycles. The van der Waals surface area contributed by atoms with Gasteiger partial charge in [-0.1, -0.05) is 24.3 Å². The van der Waals surface area contributed by atoms with Gasteiger partial charge in [0.2, 0.25) is 0 Å². The minimum absolute atomic E-state index is 0.206. The van der Waals surface area contributed by atoms with Crippen molar-refractivity contribution in [2.24, 2.45) is 0 Å². The lowest BCUT2D eigenvalue weighted by Crippen LogP contribution is -2.23. The summed E-state index contributed by atoms with van der Waals surface area (Å²) in [5, 5.41) is 9.99. The molecule has 0 atom stereocenters. The molecule has 100 valence electrons. The second-order valence-electron chi connectivity index (χ2n) is 4.21. The average molecular weight is 324 g/mol. The highest BCUT2D eigenvalue weighted by molar-refractivity contribution is 9.10. The highest BCUT2D eigenvalue weighted by Crippen LogP contribution is 2.30. The summed E-state index contributed by atoms with van der Waals surface area (Å²) >= 11 is 3.29. The Bertz CT molecular complexity index is 574. The molecule has 19 heavy (non-hydrogen) atoms. The van der Waals surface area contributed by atoms with Gasteiger partial charge in [0.1, 0.15) is 11.6 Å². The van der Waals surface area contributed by atoms with Crippen LogP contribution < -0.4 is 4.90 Å². The second-order valence-corrected chi connectivity index (χ2v) is 5.07. The molecular weight excluding hydrogens is 309 g/mol. The summed E-state index contributed by atoms with van der Waals surface area (Å²) in [5.74, 6) is -0.0453. The van der Waals surface area contributed by atoms with Gasteiger partial charge in [-0.15, -0.1) is 0 Å². The highest BCUT2D eigenvalue weighted by Gasteiger charge is 2.12. The van der Waals surface area contributed by atoms with Gasteiger partial charge in [0.25, 0.3) is 0 Å². The van der Waals surface area contributed by atoms with Crippen molar-refractivity contribution in [3.63, 3.8) is 0 Å². The van der Waals surface area contributed by atoms with Gasteiger partial charge in [-0.05, 0) is 41.1 Å². The van der Waals surface area contributed by atoms with Crippen LogP contribution in [0.4, 0.5) is 10.1 Å². The molecule has 0 spiro atoms. The van der Waals surface area contributed by atoms with Gasteiger partial charge in [0.15, 0.2) is 0 Å². The van der Waals surface area contributed by atoms with Crippen molar-refractivity contribution in [1.29, 1.82) is 0 Å². The first kappa shape index (κ1) is 13.9. The highest BCUT2D eigenvalue weighted by atomic mass is 79.9. The summed E-state index contributed by atoms with van der Waals surface area (Å²) in [4.78, 5) is 1.89. The number of hydrogen-bond donors (Lipinski definition) is 1. The Morgan fingerprint density at radius 1 is 1.16 bits per heavy atom. The van der Waals surface area contributed by atoms with Crippen LogP contribution in [0.25, 0.3) is 0 Å². The fourth-order valence-electron chi connectivity index (χ4n) is 1.97. The number of phenolic OH excluding ortho intramolecular Hbond substituents is 1. The third-order valence-electron chi connectivity index (χ3n) is 3.01. The Morgan fingerprint density at radius 3 is 2.58 bits per heavy atom. The number of para-hydroxylation sites is 2. The maximum Gasteiger partial charge on any atom is 0.146 e. The minimum atomic E-state index is -0.251. The summed E-state index contributed by atoms with van der Waals surface area (Å²) in [6, 6.07) is 12.1. The molecule has 0 saturated carbocycles. The second kappa shape index (κ2) is 6.06. The van der Waals surface area contributed by atoms with Gasteiger partial charge in [-0.3, -0.25) is 0 Å². The Labute approximate surface area is 120 Å². The fourth-order valence-corrected chi connectivity index (χ4v) is 2.38. The average Bonchev–Trinajstić information content (AvgIpc) is 2.41. The van der Waals surface area contributed by atoms with Gasteiger partial charge >= 0.3 is 0 Å². The summed E-state index contributed by atoms with van der Waals surface area (Å²) in [6.07, 6.45) is 0. The Kier molecular flexibility index (Phi) is 4.43. The van der Waals surface area contributed by atoms with E-state index in [1.807, 2.05) is 30.0 Å². The number of rotatable bonds is 4. The molecule has 0 bridgehead atoms. The van der Waals surface area contributed by atoms with Gasteiger partial charge < -0.3 is 10.0 Å². The molecule has 1 N–H and O–H groups in total. The number of anilines is 1. The quantitative estimate of drug-likeness (QED) is 0.905. The van der Waals surface area contributed by atoms with Crippen LogP contribution in [0.15, 0.2) is 46.9 Å². The minimum Gasteiger partial charge on any atom is -0.506 e.